The molecule has 1 heterocycles. The topological polar surface area (TPSA) is 46.9 Å². The summed E-state index contributed by atoms with van der Waals surface area (Å²) in [5.74, 6) is -0.0240. The van der Waals surface area contributed by atoms with E-state index in [1.165, 1.54) is 12.1 Å². The summed E-state index contributed by atoms with van der Waals surface area (Å²) in [6, 6.07) is 17.0. The van der Waals surface area contributed by atoms with Gasteiger partial charge in [0.15, 0.2) is 5.82 Å². The van der Waals surface area contributed by atoms with Crippen molar-refractivity contribution in [3.05, 3.63) is 83.8 Å². The van der Waals surface area contributed by atoms with Crippen molar-refractivity contribution in [2.45, 2.75) is 6.54 Å². The number of carbonyl (C=O) groups excluding carboxylic acids is 1. The Bertz CT molecular complexity index is 783. The first-order valence-corrected chi connectivity index (χ1v) is 6.85. The second-order valence-corrected chi connectivity index (χ2v) is 4.85. The largest absolute Gasteiger partial charge is 0.305 e. The van der Waals surface area contributed by atoms with Gasteiger partial charge >= 0.3 is 0 Å². The maximum absolute atomic E-state index is 13.1. The summed E-state index contributed by atoms with van der Waals surface area (Å²) in [7, 11) is 0. The van der Waals surface area contributed by atoms with Crippen LogP contribution >= 0.6 is 0 Å². The van der Waals surface area contributed by atoms with Crippen LogP contribution in [0.5, 0.6) is 0 Å². The van der Waals surface area contributed by atoms with Gasteiger partial charge in [0.1, 0.15) is 5.82 Å². The average Bonchev–Trinajstić information content (AvgIpc) is 2.95. The van der Waals surface area contributed by atoms with Crippen LogP contribution in [-0.4, -0.2) is 15.7 Å². The smallest absolute Gasteiger partial charge is 0.256 e. The Morgan fingerprint density at radius 1 is 1.09 bits per heavy atom. The summed E-state index contributed by atoms with van der Waals surface area (Å²) < 4.78 is 14.8. The van der Waals surface area contributed by atoms with E-state index in [0.29, 0.717) is 17.9 Å². The standard InChI is InChI=1S/C17H14FN3O/c18-15-8-4-5-13(11-15)12-21-10-9-16(20-21)19-17(22)14-6-2-1-3-7-14/h1-11H,12H2,(H,19,20,22). The third kappa shape index (κ3) is 3.38. The maximum atomic E-state index is 13.1. The zero-order valence-corrected chi connectivity index (χ0v) is 11.7. The Morgan fingerprint density at radius 3 is 2.68 bits per heavy atom. The normalized spacial score (nSPS) is 10.4. The molecule has 1 aromatic heterocycles. The summed E-state index contributed by atoms with van der Waals surface area (Å²) in [5, 5.41) is 6.99. The highest BCUT2D eigenvalue weighted by Crippen LogP contribution is 2.09. The second-order valence-electron chi connectivity index (χ2n) is 4.85. The Morgan fingerprint density at radius 2 is 1.91 bits per heavy atom. The lowest BCUT2D eigenvalue weighted by molar-refractivity contribution is 0.102. The molecule has 0 atom stereocenters. The van der Waals surface area contributed by atoms with Crippen LogP contribution in [0, 0.1) is 5.82 Å². The number of halogens is 1. The van der Waals surface area contributed by atoms with E-state index in [1.807, 2.05) is 12.1 Å². The Balaban J connectivity index is 1.68. The lowest BCUT2D eigenvalue weighted by atomic mass is 10.2. The predicted molar refractivity (Wildman–Crippen MR) is 82.1 cm³/mol. The summed E-state index contributed by atoms with van der Waals surface area (Å²) in [6.07, 6.45) is 1.74. The van der Waals surface area contributed by atoms with Gasteiger partial charge in [-0.2, -0.15) is 5.10 Å². The molecule has 0 aliphatic carbocycles. The zero-order valence-electron chi connectivity index (χ0n) is 11.7. The van der Waals surface area contributed by atoms with Crippen molar-refractivity contribution >= 4 is 11.7 Å². The fourth-order valence-corrected chi connectivity index (χ4v) is 2.12. The molecule has 0 bridgehead atoms. The minimum Gasteiger partial charge on any atom is -0.305 e. The molecule has 0 radical (unpaired) electrons. The number of nitrogens with zero attached hydrogens (tertiary/aromatic N) is 2. The number of anilines is 1. The molecule has 3 rings (SSSR count). The summed E-state index contributed by atoms with van der Waals surface area (Å²) in [4.78, 5) is 12.0. The Kier molecular flexibility index (Phi) is 3.96. The summed E-state index contributed by atoms with van der Waals surface area (Å²) >= 11 is 0. The van der Waals surface area contributed by atoms with Gasteiger partial charge in [0.2, 0.25) is 0 Å². The number of nitrogens with one attached hydrogen (secondary N) is 1. The first-order valence-electron chi connectivity index (χ1n) is 6.85. The van der Waals surface area contributed by atoms with Crippen molar-refractivity contribution in [1.82, 2.24) is 9.78 Å². The number of carbonyl (C=O) groups is 1. The maximum Gasteiger partial charge on any atom is 0.256 e. The van der Waals surface area contributed by atoms with Crippen molar-refractivity contribution < 1.29 is 9.18 Å². The van der Waals surface area contributed by atoms with Crippen LogP contribution in [0.1, 0.15) is 15.9 Å². The molecule has 0 saturated carbocycles. The van der Waals surface area contributed by atoms with Gasteiger partial charge < -0.3 is 5.32 Å². The molecule has 0 spiro atoms. The van der Waals surface area contributed by atoms with Crippen LogP contribution in [-0.2, 0) is 6.54 Å². The monoisotopic (exact) mass is 295 g/mol. The van der Waals surface area contributed by atoms with Gasteiger partial charge in [-0.1, -0.05) is 30.3 Å². The molecule has 0 unspecified atom stereocenters. The molecule has 1 N–H and O–H groups in total. The van der Waals surface area contributed by atoms with E-state index in [-0.39, 0.29) is 11.7 Å². The molecular formula is C17H14FN3O. The zero-order chi connectivity index (χ0) is 15.4. The lowest BCUT2D eigenvalue weighted by Gasteiger charge is -2.03. The van der Waals surface area contributed by atoms with Crippen molar-refractivity contribution in [3.8, 4) is 0 Å². The van der Waals surface area contributed by atoms with Crippen LogP contribution in [0.4, 0.5) is 10.2 Å². The van der Waals surface area contributed by atoms with Gasteiger partial charge in [-0.15, -0.1) is 0 Å². The number of aromatic nitrogens is 2. The highest BCUT2D eigenvalue weighted by atomic mass is 19.1. The molecule has 5 heteroatoms. The number of rotatable bonds is 4. The molecule has 3 aromatic rings. The third-order valence-corrected chi connectivity index (χ3v) is 3.15. The SMILES string of the molecule is O=C(Nc1ccn(Cc2cccc(F)c2)n1)c1ccccc1. The molecule has 0 aliphatic rings. The van der Waals surface area contributed by atoms with E-state index < -0.39 is 0 Å². The fourth-order valence-electron chi connectivity index (χ4n) is 2.12. The van der Waals surface area contributed by atoms with E-state index in [0.717, 1.165) is 5.56 Å². The van der Waals surface area contributed by atoms with E-state index >= 15 is 0 Å². The van der Waals surface area contributed by atoms with Gasteiger partial charge in [-0.3, -0.25) is 9.48 Å². The lowest BCUT2D eigenvalue weighted by Crippen LogP contribution is -2.12. The number of hydrogen-bond acceptors (Lipinski definition) is 2. The first-order chi connectivity index (χ1) is 10.7. The number of benzene rings is 2. The van der Waals surface area contributed by atoms with Crippen molar-refractivity contribution in [2.75, 3.05) is 5.32 Å². The summed E-state index contributed by atoms with van der Waals surface area (Å²) in [6.45, 7) is 0.443. The van der Waals surface area contributed by atoms with Crippen LogP contribution in [0.3, 0.4) is 0 Å². The highest BCUT2D eigenvalue weighted by Gasteiger charge is 2.07. The average molecular weight is 295 g/mol. The van der Waals surface area contributed by atoms with Crippen molar-refractivity contribution in [3.63, 3.8) is 0 Å². The molecule has 0 aliphatic heterocycles. The van der Waals surface area contributed by atoms with Gasteiger partial charge in [0.25, 0.3) is 5.91 Å². The number of amides is 1. The quantitative estimate of drug-likeness (QED) is 0.802. The van der Waals surface area contributed by atoms with Gasteiger partial charge in [0, 0.05) is 17.8 Å². The molecule has 0 saturated heterocycles. The molecular weight excluding hydrogens is 281 g/mol. The van der Waals surface area contributed by atoms with Crippen LogP contribution in [0.15, 0.2) is 66.9 Å². The minimum absolute atomic E-state index is 0.211. The number of hydrogen-bond donors (Lipinski definition) is 1. The van der Waals surface area contributed by atoms with Gasteiger partial charge in [0.05, 0.1) is 6.54 Å². The minimum atomic E-state index is -0.276. The van der Waals surface area contributed by atoms with E-state index in [9.17, 15) is 9.18 Å². The van der Waals surface area contributed by atoms with Crippen molar-refractivity contribution in [1.29, 1.82) is 0 Å². The molecule has 1 amide bonds. The highest BCUT2D eigenvalue weighted by molar-refractivity contribution is 6.03. The summed E-state index contributed by atoms with van der Waals surface area (Å²) in [5.41, 5.74) is 1.38. The van der Waals surface area contributed by atoms with Crippen LogP contribution < -0.4 is 5.32 Å². The fraction of sp³-hybridized carbons (Fsp3) is 0.0588. The molecule has 0 fully saturated rings. The van der Waals surface area contributed by atoms with E-state index in [1.54, 1.807) is 47.3 Å². The second kappa shape index (κ2) is 6.22. The van der Waals surface area contributed by atoms with Gasteiger partial charge in [-0.05, 0) is 29.8 Å². The predicted octanol–water partition coefficient (Wildman–Crippen LogP) is 3.32. The van der Waals surface area contributed by atoms with Crippen LogP contribution in [0.25, 0.3) is 0 Å². The molecule has 110 valence electrons. The van der Waals surface area contributed by atoms with E-state index in [4.69, 9.17) is 0 Å². The van der Waals surface area contributed by atoms with E-state index in [2.05, 4.69) is 10.4 Å². The van der Waals surface area contributed by atoms with Crippen LogP contribution in [0.2, 0.25) is 0 Å². The molecule has 4 nitrogen and oxygen atoms in total. The van der Waals surface area contributed by atoms with Crippen molar-refractivity contribution in [2.24, 2.45) is 0 Å². The first kappa shape index (κ1) is 14.0. The molecule has 2 aromatic carbocycles. The third-order valence-electron chi connectivity index (χ3n) is 3.15. The Labute approximate surface area is 127 Å². The Hall–Kier alpha value is -2.95. The van der Waals surface area contributed by atoms with Gasteiger partial charge in [-0.25, -0.2) is 4.39 Å². The molecule has 22 heavy (non-hydrogen) atoms.